The second-order valence-corrected chi connectivity index (χ2v) is 7.55. The van der Waals surface area contributed by atoms with E-state index in [0.29, 0.717) is 16.2 Å². The fourth-order valence-corrected chi connectivity index (χ4v) is 3.78. The average molecular weight is 448 g/mol. The molecule has 3 nitrogen and oxygen atoms in total. The normalized spacial score (nSPS) is 19.2. The molecule has 0 radical (unpaired) electrons. The van der Waals surface area contributed by atoms with E-state index in [1.807, 2.05) is 0 Å². The van der Waals surface area contributed by atoms with Gasteiger partial charge in [0.2, 0.25) is 0 Å². The zero-order chi connectivity index (χ0) is 20.7. The molecule has 2 aromatic rings. The van der Waals surface area contributed by atoms with E-state index in [9.17, 15) is 13.2 Å². The molecule has 1 aliphatic heterocycles. The summed E-state index contributed by atoms with van der Waals surface area (Å²) in [5, 5.41) is 4.20. The van der Waals surface area contributed by atoms with Crippen LogP contribution in [0.3, 0.4) is 0 Å². The Kier molecular flexibility index (Phi) is 5.62. The van der Waals surface area contributed by atoms with E-state index in [1.54, 1.807) is 25.1 Å². The number of aryl methyl sites for hydroxylation is 1. The van der Waals surface area contributed by atoms with Crippen molar-refractivity contribution >= 4 is 46.2 Å². The molecule has 1 heterocycles. The van der Waals surface area contributed by atoms with Gasteiger partial charge < -0.3 is 9.57 Å². The molecule has 9 heteroatoms. The third-order valence-electron chi connectivity index (χ3n) is 4.48. The minimum Gasteiger partial charge on any atom is -0.486 e. The number of hydrogen-bond acceptors (Lipinski definition) is 4. The Morgan fingerprint density at radius 1 is 1.18 bits per heavy atom. The topological polar surface area (TPSA) is 30.8 Å². The number of hydrogen-bond donors (Lipinski definition) is 0. The van der Waals surface area contributed by atoms with Gasteiger partial charge in [0.05, 0.1) is 12.8 Å². The quantitative estimate of drug-likeness (QED) is 0.524. The van der Waals surface area contributed by atoms with Crippen molar-refractivity contribution in [1.29, 1.82) is 0 Å². The summed E-state index contributed by atoms with van der Waals surface area (Å²) in [6.45, 7) is 1.79. The Hall–Kier alpha value is -1.83. The van der Waals surface area contributed by atoms with Crippen molar-refractivity contribution in [3.05, 3.63) is 68.7 Å². The van der Waals surface area contributed by atoms with Crippen molar-refractivity contribution < 1.29 is 22.7 Å². The second kappa shape index (κ2) is 7.54. The third kappa shape index (κ3) is 3.71. The van der Waals surface area contributed by atoms with Crippen molar-refractivity contribution in [2.45, 2.75) is 25.1 Å². The van der Waals surface area contributed by atoms with Gasteiger partial charge in [0, 0.05) is 27.6 Å². The summed E-state index contributed by atoms with van der Waals surface area (Å²) in [5.41, 5.74) is -0.770. The van der Waals surface area contributed by atoms with Gasteiger partial charge in [0.15, 0.2) is 5.05 Å². The molecule has 0 spiro atoms. The lowest BCUT2D eigenvalue weighted by Gasteiger charge is -2.29. The Morgan fingerprint density at radius 2 is 1.82 bits per heavy atom. The molecule has 2 aromatic carbocycles. The van der Waals surface area contributed by atoms with Gasteiger partial charge in [-0.1, -0.05) is 34.4 Å². The van der Waals surface area contributed by atoms with Crippen molar-refractivity contribution in [2.75, 3.05) is 7.11 Å². The molecule has 0 N–H and O–H groups in total. The monoisotopic (exact) mass is 447 g/mol. The number of rotatable bonds is 3. The van der Waals surface area contributed by atoms with Crippen molar-refractivity contribution in [1.82, 2.24) is 0 Å². The SMILES string of the molecule is COC(=S)c1ccc(C2=NOC(c3cc(Cl)cc(Cl)c3)(C(F)(F)F)C2)cc1C. The second-order valence-electron chi connectivity index (χ2n) is 6.31. The summed E-state index contributed by atoms with van der Waals surface area (Å²) in [6, 6.07) is 8.74. The molecular weight excluding hydrogens is 434 g/mol. The van der Waals surface area contributed by atoms with E-state index >= 15 is 0 Å². The predicted molar refractivity (Wildman–Crippen MR) is 106 cm³/mol. The van der Waals surface area contributed by atoms with Gasteiger partial charge in [-0.05, 0) is 60.6 Å². The van der Waals surface area contributed by atoms with Crippen LogP contribution < -0.4 is 0 Å². The summed E-state index contributed by atoms with van der Waals surface area (Å²) < 4.78 is 47.1. The zero-order valence-electron chi connectivity index (χ0n) is 14.7. The molecule has 3 rings (SSSR count). The molecular formula is C19H14Cl2F3NO2S. The van der Waals surface area contributed by atoms with Gasteiger partial charge >= 0.3 is 6.18 Å². The number of methoxy groups -OCH3 is 1. The first-order valence-corrected chi connectivity index (χ1v) is 9.21. The van der Waals surface area contributed by atoms with Gasteiger partial charge in [-0.15, -0.1) is 0 Å². The molecule has 0 aromatic heterocycles. The third-order valence-corrected chi connectivity index (χ3v) is 5.30. The maximum Gasteiger partial charge on any atom is 0.435 e. The summed E-state index contributed by atoms with van der Waals surface area (Å²) in [4.78, 5) is 5.00. The Bertz CT molecular complexity index is 958. The molecule has 0 aliphatic carbocycles. The number of alkyl halides is 3. The zero-order valence-corrected chi connectivity index (χ0v) is 17.1. The van der Waals surface area contributed by atoms with Crippen molar-refractivity contribution in [3.8, 4) is 0 Å². The Balaban J connectivity index is 2.00. The van der Waals surface area contributed by atoms with Gasteiger partial charge in [0.1, 0.15) is 0 Å². The highest BCUT2D eigenvalue weighted by Crippen LogP contribution is 2.49. The van der Waals surface area contributed by atoms with Gasteiger partial charge in [-0.3, -0.25) is 0 Å². The van der Waals surface area contributed by atoms with E-state index in [0.717, 1.165) is 5.56 Å². The minimum atomic E-state index is -4.74. The summed E-state index contributed by atoms with van der Waals surface area (Å²) in [5.74, 6) is 0. The highest BCUT2D eigenvalue weighted by molar-refractivity contribution is 7.80. The van der Waals surface area contributed by atoms with Crippen LogP contribution in [0.25, 0.3) is 0 Å². The lowest BCUT2D eigenvalue weighted by molar-refractivity contribution is -0.275. The Labute approximate surface area is 175 Å². The van der Waals surface area contributed by atoms with Gasteiger partial charge in [0.25, 0.3) is 5.60 Å². The van der Waals surface area contributed by atoms with Crippen molar-refractivity contribution in [2.24, 2.45) is 5.16 Å². The van der Waals surface area contributed by atoms with E-state index in [2.05, 4.69) is 5.16 Å². The minimum absolute atomic E-state index is 0.0800. The fourth-order valence-electron chi connectivity index (χ4n) is 3.03. The molecule has 0 saturated carbocycles. The van der Waals surface area contributed by atoms with E-state index < -0.39 is 18.2 Å². The molecule has 28 heavy (non-hydrogen) atoms. The molecule has 148 valence electrons. The molecule has 1 unspecified atom stereocenters. The van der Waals surface area contributed by atoms with Crippen LogP contribution in [0.15, 0.2) is 41.6 Å². The van der Waals surface area contributed by atoms with Crippen LogP contribution >= 0.6 is 35.4 Å². The molecule has 1 atom stereocenters. The predicted octanol–water partition coefficient (Wildman–Crippen LogP) is 6.21. The molecule has 0 bridgehead atoms. The number of oxime groups is 1. The van der Waals surface area contributed by atoms with E-state index in [-0.39, 0.29) is 21.3 Å². The standard InChI is InChI=1S/C19H14Cl2F3NO2S/c1-10-5-11(3-4-15(10)17(28)26-2)16-9-18(27-25-16,19(22,23)24)12-6-13(20)8-14(21)7-12/h3-8H,9H2,1-2H3. The number of halogens is 5. The van der Waals surface area contributed by atoms with Crippen molar-refractivity contribution in [3.63, 3.8) is 0 Å². The maximum absolute atomic E-state index is 14.0. The average Bonchev–Trinajstić information content (AvgIpc) is 3.07. The van der Waals surface area contributed by atoms with E-state index in [4.69, 9.17) is 45.0 Å². The van der Waals surface area contributed by atoms with Crippen LogP contribution in [0, 0.1) is 6.92 Å². The number of nitrogens with zero attached hydrogens (tertiary/aromatic N) is 1. The molecule has 1 aliphatic rings. The molecule has 0 saturated heterocycles. The largest absolute Gasteiger partial charge is 0.486 e. The lowest BCUT2D eigenvalue weighted by atomic mass is 9.86. The highest BCUT2D eigenvalue weighted by Gasteiger charge is 2.62. The first-order chi connectivity index (χ1) is 13.1. The van der Waals surface area contributed by atoms with Crippen LogP contribution in [0.5, 0.6) is 0 Å². The molecule has 0 amide bonds. The van der Waals surface area contributed by atoms with Gasteiger partial charge in [-0.25, -0.2) is 0 Å². The van der Waals surface area contributed by atoms with Crippen LogP contribution in [0.4, 0.5) is 13.2 Å². The van der Waals surface area contributed by atoms with Crippen LogP contribution in [0.2, 0.25) is 10.0 Å². The summed E-state index contributed by atoms with van der Waals surface area (Å²) >= 11 is 16.9. The number of benzene rings is 2. The number of ether oxygens (including phenoxy) is 1. The van der Waals surface area contributed by atoms with Gasteiger partial charge in [-0.2, -0.15) is 13.2 Å². The first-order valence-electron chi connectivity index (χ1n) is 8.05. The highest BCUT2D eigenvalue weighted by atomic mass is 35.5. The Morgan fingerprint density at radius 3 is 2.36 bits per heavy atom. The van der Waals surface area contributed by atoms with Crippen LogP contribution in [-0.4, -0.2) is 24.0 Å². The maximum atomic E-state index is 14.0. The van der Waals surface area contributed by atoms with Crippen LogP contribution in [0.1, 0.15) is 28.7 Å². The summed E-state index contributed by atoms with van der Waals surface area (Å²) in [6.07, 6.45) is -5.25. The smallest absolute Gasteiger partial charge is 0.435 e. The van der Waals surface area contributed by atoms with E-state index in [1.165, 1.54) is 25.3 Å². The lowest BCUT2D eigenvalue weighted by Crippen LogP contribution is -2.42. The fraction of sp³-hybridized carbons (Fsp3) is 0.263. The molecule has 0 fully saturated rings. The number of thiocarbonyl (C=S) groups is 1. The van der Waals surface area contributed by atoms with Crippen LogP contribution in [-0.2, 0) is 15.2 Å². The first kappa shape index (κ1) is 20.9. The summed E-state index contributed by atoms with van der Waals surface area (Å²) in [7, 11) is 1.46.